The van der Waals surface area contributed by atoms with Crippen molar-refractivity contribution >= 4 is 39.0 Å². The number of fused-ring (bicyclic) bond motifs is 3. The third kappa shape index (κ3) is 4.27. The van der Waals surface area contributed by atoms with Crippen LogP contribution in [0.15, 0.2) is 59.2 Å². The number of aldehydes is 1. The summed E-state index contributed by atoms with van der Waals surface area (Å²) in [4.78, 5) is 18.0. The second-order valence-electron chi connectivity index (χ2n) is 7.87. The zero-order chi connectivity index (χ0) is 23.0. The lowest BCUT2D eigenvalue weighted by Crippen LogP contribution is -2.30. The lowest BCUT2D eigenvalue weighted by molar-refractivity contribution is -0.110. The lowest BCUT2D eigenvalue weighted by Gasteiger charge is -2.27. The Morgan fingerprint density at radius 2 is 1.94 bits per heavy atom. The fraction of sp³-hybridized carbons (Fsp3) is 0.250. The Balaban J connectivity index is 1.93. The molecule has 0 bridgehead atoms. The second kappa shape index (κ2) is 8.64. The molecular formula is C24H22ClFN2O3S. The molecule has 0 saturated carbocycles. The molecule has 2 aliphatic rings. The average Bonchev–Trinajstić information content (AvgIpc) is 2.90. The van der Waals surface area contributed by atoms with Crippen molar-refractivity contribution in [3.63, 3.8) is 0 Å². The minimum absolute atomic E-state index is 0.0460. The van der Waals surface area contributed by atoms with Crippen LogP contribution in [0.3, 0.4) is 0 Å². The van der Waals surface area contributed by atoms with E-state index in [0.29, 0.717) is 22.4 Å². The predicted molar refractivity (Wildman–Crippen MR) is 125 cm³/mol. The number of carbonyl (C=O) groups is 1. The first kappa shape index (κ1) is 22.4. The highest BCUT2D eigenvalue weighted by Crippen LogP contribution is 2.36. The maximum atomic E-state index is 14.8. The minimum Gasteiger partial charge on any atom is -0.367 e. The summed E-state index contributed by atoms with van der Waals surface area (Å²) >= 11 is 5.94. The molecule has 0 amide bonds. The molecule has 0 N–H and O–H groups in total. The second-order valence-corrected chi connectivity index (χ2v) is 10.7. The van der Waals surface area contributed by atoms with Crippen LogP contribution >= 0.6 is 11.6 Å². The van der Waals surface area contributed by atoms with E-state index in [4.69, 9.17) is 16.6 Å². The lowest BCUT2D eigenvalue weighted by atomic mass is 9.88. The largest absolute Gasteiger partial charge is 0.367 e. The van der Waals surface area contributed by atoms with Gasteiger partial charge in [0.05, 0.1) is 18.0 Å². The summed E-state index contributed by atoms with van der Waals surface area (Å²) in [5.41, 5.74) is 4.53. The Hall–Kier alpha value is -2.77. The summed E-state index contributed by atoms with van der Waals surface area (Å²) in [6, 6.07) is 9.37. The van der Waals surface area contributed by atoms with Crippen LogP contribution < -0.4 is 0 Å². The zero-order valence-electron chi connectivity index (χ0n) is 17.7. The summed E-state index contributed by atoms with van der Waals surface area (Å²) < 4.78 is 39.3. The molecule has 166 valence electrons. The van der Waals surface area contributed by atoms with E-state index in [1.165, 1.54) is 6.07 Å². The van der Waals surface area contributed by atoms with Gasteiger partial charge in [-0.1, -0.05) is 30.7 Å². The minimum atomic E-state index is -3.23. The first-order valence-corrected chi connectivity index (χ1v) is 12.4. The SMILES string of the molecule is CCS(=O)(=O)Cc1ccc2c(c1)C1=CN(C)C(C=O)C=C1CN=C2c1ccc(Cl)cc1F. The van der Waals surface area contributed by atoms with Crippen LogP contribution in [0.4, 0.5) is 4.39 Å². The maximum Gasteiger partial charge on any atom is 0.154 e. The van der Waals surface area contributed by atoms with Gasteiger partial charge in [0, 0.05) is 40.7 Å². The molecule has 2 aliphatic heterocycles. The molecule has 8 heteroatoms. The number of aliphatic imine (C=N–C) groups is 1. The van der Waals surface area contributed by atoms with Crippen molar-refractivity contribution < 1.29 is 17.6 Å². The molecule has 0 aliphatic carbocycles. The molecular weight excluding hydrogens is 451 g/mol. The number of rotatable bonds is 5. The number of halogens is 2. The molecule has 1 atom stereocenters. The van der Waals surface area contributed by atoms with Crippen molar-refractivity contribution in [1.82, 2.24) is 4.90 Å². The summed E-state index contributed by atoms with van der Waals surface area (Å²) in [6.45, 7) is 1.88. The molecule has 2 heterocycles. The van der Waals surface area contributed by atoms with Gasteiger partial charge in [-0.25, -0.2) is 12.8 Å². The van der Waals surface area contributed by atoms with Gasteiger partial charge in [0.25, 0.3) is 0 Å². The van der Waals surface area contributed by atoms with Crippen LogP contribution in [0.5, 0.6) is 0 Å². The Morgan fingerprint density at radius 1 is 1.19 bits per heavy atom. The van der Waals surface area contributed by atoms with Crippen molar-refractivity contribution in [2.24, 2.45) is 4.99 Å². The Bertz CT molecular complexity index is 1300. The van der Waals surface area contributed by atoms with Crippen molar-refractivity contribution in [2.75, 3.05) is 19.3 Å². The van der Waals surface area contributed by atoms with Gasteiger partial charge >= 0.3 is 0 Å². The molecule has 4 rings (SSSR count). The van der Waals surface area contributed by atoms with Gasteiger partial charge in [-0.3, -0.25) is 4.99 Å². The average molecular weight is 473 g/mol. The van der Waals surface area contributed by atoms with E-state index in [1.807, 2.05) is 18.3 Å². The highest BCUT2D eigenvalue weighted by atomic mass is 35.5. The molecule has 0 fully saturated rings. The number of hydrogen-bond acceptors (Lipinski definition) is 5. The van der Waals surface area contributed by atoms with Crippen molar-refractivity contribution in [2.45, 2.75) is 18.7 Å². The van der Waals surface area contributed by atoms with Crippen molar-refractivity contribution in [1.29, 1.82) is 0 Å². The quantitative estimate of drug-likeness (QED) is 0.616. The predicted octanol–water partition coefficient (Wildman–Crippen LogP) is 4.05. The number of carbonyl (C=O) groups excluding carboxylic acids is 1. The Kier molecular flexibility index (Phi) is 6.05. The van der Waals surface area contributed by atoms with Crippen LogP contribution in [-0.2, 0) is 20.4 Å². The van der Waals surface area contributed by atoms with Gasteiger partial charge in [0.1, 0.15) is 18.1 Å². The van der Waals surface area contributed by atoms with Gasteiger partial charge in [0.15, 0.2) is 9.84 Å². The first-order chi connectivity index (χ1) is 15.2. The van der Waals surface area contributed by atoms with Gasteiger partial charge in [-0.2, -0.15) is 0 Å². The molecule has 5 nitrogen and oxygen atoms in total. The van der Waals surface area contributed by atoms with Gasteiger partial charge in [0.2, 0.25) is 0 Å². The monoisotopic (exact) mass is 472 g/mol. The maximum absolute atomic E-state index is 14.8. The van der Waals surface area contributed by atoms with Crippen LogP contribution in [0.1, 0.15) is 29.2 Å². The molecule has 0 radical (unpaired) electrons. The topological polar surface area (TPSA) is 66.8 Å². The third-order valence-electron chi connectivity index (χ3n) is 5.71. The summed E-state index contributed by atoms with van der Waals surface area (Å²) in [5, 5.41) is 0.287. The highest BCUT2D eigenvalue weighted by molar-refractivity contribution is 7.90. The molecule has 1 unspecified atom stereocenters. The standard InChI is InChI=1S/C24H22ClFN2O3S/c1-3-32(30,31)14-15-4-6-19-21(8-15)22-12-28(2)18(13-29)9-16(22)11-27-24(19)20-7-5-17(25)10-23(20)26/h4-10,12-13,18H,3,11,14H2,1-2H3. The van der Waals surface area contributed by atoms with E-state index in [0.717, 1.165) is 23.0 Å². The van der Waals surface area contributed by atoms with E-state index < -0.39 is 21.7 Å². The first-order valence-electron chi connectivity index (χ1n) is 10.2. The number of sulfone groups is 1. The number of benzene rings is 2. The van der Waals surface area contributed by atoms with Crippen LogP contribution in [0.2, 0.25) is 5.02 Å². The number of nitrogens with zero attached hydrogens (tertiary/aromatic N) is 2. The van der Waals surface area contributed by atoms with E-state index in [9.17, 15) is 17.6 Å². The Labute approximate surface area is 191 Å². The zero-order valence-corrected chi connectivity index (χ0v) is 19.3. The molecule has 0 saturated heterocycles. The molecule has 2 aromatic carbocycles. The fourth-order valence-corrected chi connectivity index (χ4v) is 4.98. The van der Waals surface area contributed by atoms with Crippen LogP contribution in [-0.4, -0.2) is 50.7 Å². The molecule has 2 aromatic rings. The summed E-state index contributed by atoms with van der Waals surface area (Å²) in [7, 11) is -1.43. The normalized spacial score (nSPS) is 18.1. The fourth-order valence-electron chi connectivity index (χ4n) is 3.93. The van der Waals surface area contributed by atoms with Gasteiger partial charge in [-0.15, -0.1) is 0 Å². The van der Waals surface area contributed by atoms with Gasteiger partial charge < -0.3 is 9.69 Å². The third-order valence-corrected chi connectivity index (χ3v) is 7.60. The van der Waals surface area contributed by atoms with Crippen LogP contribution in [0, 0.1) is 5.82 Å². The summed E-state index contributed by atoms with van der Waals surface area (Å²) in [6.07, 6.45) is 4.55. The van der Waals surface area contributed by atoms with Crippen molar-refractivity contribution in [3.8, 4) is 0 Å². The van der Waals surface area contributed by atoms with Crippen molar-refractivity contribution in [3.05, 3.63) is 87.3 Å². The van der Waals surface area contributed by atoms with E-state index in [1.54, 1.807) is 43.1 Å². The van der Waals surface area contributed by atoms with E-state index in [2.05, 4.69) is 0 Å². The number of hydrogen-bond donors (Lipinski definition) is 0. The van der Waals surface area contributed by atoms with Gasteiger partial charge in [-0.05, 0) is 47.0 Å². The van der Waals surface area contributed by atoms with E-state index >= 15 is 0 Å². The Morgan fingerprint density at radius 3 is 2.62 bits per heavy atom. The van der Waals surface area contributed by atoms with E-state index in [-0.39, 0.29) is 23.1 Å². The van der Waals surface area contributed by atoms with Crippen LogP contribution in [0.25, 0.3) is 5.57 Å². The highest BCUT2D eigenvalue weighted by Gasteiger charge is 2.27. The summed E-state index contributed by atoms with van der Waals surface area (Å²) in [5.74, 6) is -0.530. The molecule has 32 heavy (non-hydrogen) atoms. The molecule has 0 aromatic heterocycles. The smallest absolute Gasteiger partial charge is 0.154 e. The molecule has 0 spiro atoms. The number of likely N-dealkylation sites (N-methyl/N-ethyl adjacent to an activating group) is 1.